The molecule has 0 bridgehead atoms. The fourth-order valence-electron chi connectivity index (χ4n) is 1.39. The number of thiophene rings is 1. The van der Waals surface area contributed by atoms with Crippen molar-refractivity contribution >= 4 is 43.2 Å². The smallest absolute Gasteiger partial charge is 0.0320 e. The monoisotopic (exact) mass is 359 g/mol. The lowest BCUT2D eigenvalue weighted by molar-refractivity contribution is 0.700. The highest BCUT2D eigenvalue weighted by Crippen LogP contribution is 2.23. The number of benzene rings is 1. The van der Waals surface area contributed by atoms with E-state index in [1.165, 1.54) is 10.4 Å². The van der Waals surface area contributed by atoms with E-state index in [2.05, 4.69) is 72.9 Å². The highest BCUT2D eigenvalue weighted by atomic mass is 79.9. The van der Waals surface area contributed by atoms with E-state index in [9.17, 15) is 0 Å². The third kappa shape index (κ3) is 3.42. The summed E-state index contributed by atoms with van der Waals surface area (Å²) in [5.74, 6) is 0. The van der Waals surface area contributed by atoms with E-state index in [0.29, 0.717) is 0 Å². The highest BCUT2D eigenvalue weighted by molar-refractivity contribution is 9.13. The number of hydrogen-bond donors (Lipinski definition) is 1. The van der Waals surface area contributed by atoms with Gasteiger partial charge in [0.1, 0.15) is 0 Å². The van der Waals surface area contributed by atoms with Gasteiger partial charge in [-0.15, -0.1) is 11.3 Å². The van der Waals surface area contributed by atoms with Crippen molar-refractivity contribution in [3.63, 3.8) is 0 Å². The van der Waals surface area contributed by atoms with E-state index in [1.54, 1.807) is 11.3 Å². The second-order valence-corrected chi connectivity index (χ2v) is 6.17. The van der Waals surface area contributed by atoms with Crippen molar-refractivity contribution in [1.29, 1.82) is 0 Å². The molecule has 1 aromatic heterocycles. The van der Waals surface area contributed by atoms with Crippen molar-refractivity contribution in [1.82, 2.24) is 5.32 Å². The number of hydrogen-bond acceptors (Lipinski definition) is 2. The summed E-state index contributed by atoms with van der Waals surface area (Å²) in [6, 6.07) is 10.5. The second kappa shape index (κ2) is 5.96. The molecule has 4 heteroatoms. The first-order valence-corrected chi connectivity index (χ1v) is 7.39. The van der Waals surface area contributed by atoms with Gasteiger partial charge in [0, 0.05) is 26.9 Å². The van der Waals surface area contributed by atoms with Crippen molar-refractivity contribution in [2.75, 3.05) is 0 Å². The van der Waals surface area contributed by atoms with Crippen LogP contribution in [0.2, 0.25) is 0 Å². The number of nitrogens with one attached hydrogen (secondary N) is 1. The van der Waals surface area contributed by atoms with Crippen LogP contribution < -0.4 is 5.32 Å². The van der Waals surface area contributed by atoms with E-state index < -0.39 is 0 Å². The van der Waals surface area contributed by atoms with Gasteiger partial charge in [0.2, 0.25) is 0 Å². The average molecular weight is 361 g/mol. The van der Waals surface area contributed by atoms with Gasteiger partial charge in [-0.3, -0.25) is 0 Å². The Morgan fingerprint density at radius 3 is 2.62 bits per heavy atom. The Kier molecular flexibility index (Phi) is 4.58. The van der Waals surface area contributed by atoms with Crippen LogP contribution in [0, 0.1) is 0 Å². The highest BCUT2D eigenvalue weighted by Gasteiger charge is 1.99. The van der Waals surface area contributed by atoms with Gasteiger partial charge in [-0.25, -0.2) is 0 Å². The first-order valence-electron chi connectivity index (χ1n) is 4.93. The molecule has 0 spiro atoms. The van der Waals surface area contributed by atoms with Gasteiger partial charge in [-0.1, -0.05) is 12.1 Å². The third-order valence-corrected chi connectivity index (χ3v) is 4.95. The number of halogens is 2. The molecule has 0 radical (unpaired) electrons. The van der Waals surface area contributed by atoms with E-state index in [0.717, 1.165) is 22.0 Å². The van der Waals surface area contributed by atoms with Crippen LogP contribution in [0.1, 0.15) is 10.4 Å². The molecule has 16 heavy (non-hydrogen) atoms. The lowest BCUT2D eigenvalue weighted by atomic mass is 10.2. The summed E-state index contributed by atoms with van der Waals surface area (Å²) in [5.41, 5.74) is 1.28. The first kappa shape index (κ1) is 12.3. The minimum absolute atomic E-state index is 0.893. The van der Waals surface area contributed by atoms with Gasteiger partial charge in [-0.2, -0.15) is 0 Å². The SMILES string of the molecule is Brc1ccc(CNCc2cccs2)cc1Br. The quantitative estimate of drug-likeness (QED) is 0.842. The standard InChI is InChI=1S/C12H11Br2NS/c13-11-4-3-9(6-12(11)14)7-15-8-10-2-1-5-16-10/h1-6,15H,7-8H2. The average Bonchev–Trinajstić information content (AvgIpc) is 2.76. The molecule has 0 unspecified atom stereocenters. The Morgan fingerprint density at radius 1 is 1.06 bits per heavy atom. The van der Waals surface area contributed by atoms with Gasteiger partial charge in [0.05, 0.1) is 0 Å². The Balaban J connectivity index is 1.87. The Morgan fingerprint density at radius 2 is 1.94 bits per heavy atom. The Hall–Kier alpha value is -0.160. The molecular weight excluding hydrogens is 350 g/mol. The van der Waals surface area contributed by atoms with Crippen LogP contribution in [0.3, 0.4) is 0 Å². The second-order valence-electron chi connectivity index (χ2n) is 3.43. The normalized spacial score (nSPS) is 10.6. The fourth-order valence-corrected chi connectivity index (χ4v) is 2.74. The molecule has 84 valence electrons. The van der Waals surface area contributed by atoms with Crippen molar-refractivity contribution in [2.24, 2.45) is 0 Å². The van der Waals surface area contributed by atoms with Crippen molar-refractivity contribution in [3.8, 4) is 0 Å². The summed E-state index contributed by atoms with van der Waals surface area (Å²) in [6.07, 6.45) is 0. The summed E-state index contributed by atoms with van der Waals surface area (Å²) in [5, 5.41) is 5.53. The molecule has 0 saturated carbocycles. The molecule has 0 aliphatic rings. The summed E-state index contributed by atoms with van der Waals surface area (Å²) < 4.78 is 2.19. The molecule has 0 saturated heterocycles. The van der Waals surface area contributed by atoms with Gasteiger partial charge < -0.3 is 5.32 Å². The van der Waals surface area contributed by atoms with Crippen LogP contribution >= 0.6 is 43.2 Å². The minimum Gasteiger partial charge on any atom is -0.308 e. The Labute approximate surface area is 116 Å². The zero-order valence-corrected chi connectivity index (χ0v) is 12.5. The predicted molar refractivity (Wildman–Crippen MR) is 76.7 cm³/mol. The molecule has 0 fully saturated rings. The molecule has 0 amide bonds. The molecule has 0 atom stereocenters. The van der Waals surface area contributed by atoms with Crippen LogP contribution in [0.4, 0.5) is 0 Å². The van der Waals surface area contributed by atoms with E-state index >= 15 is 0 Å². The zero-order valence-electron chi connectivity index (χ0n) is 8.54. The van der Waals surface area contributed by atoms with Crippen molar-refractivity contribution in [2.45, 2.75) is 13.1 Å². The summed E-state index contributed by atoms with van der Waals surface area (Å²) in [4.78, 5) is 1.37. The van der Waals surface area contributed by atoms with Crippen LogP contribution in [-0.4, -0.2) is 0 Å². The van der Waals surface area contributed by atoms with E-state index in [4.69, 9.17) is 0 Å². The fraction of sp³-hybridized carbons (Fsp3) is 0.167. The minimum atomic E-state index is 0.893. The third-order valence-electron chi connectivity index (χ3n) is 2.19. The lowest BCUT2D eigenvalue weighted by Crippen LogP contribution is -2.11. The van der Waals surface area contributed by atoms with Gasteiger partial charge >= 0.3 is 0 Å². The van der Waals surface area contributed by atoms with E-state index in [-0.39, 0.29) is 0 Å². The molecule has 0 aliphatic carbocycles. The first-order chi connectivity index (χ1) is 7.75. The maximum absolute atomic E-state index is 3.50. The van der Waals surface area contributed by atoms with Gasteiger partial charge in [0.15, 0.2) is 0 Å². The Bertz CT molecular complexity index is 454. The van der Waals surface area contributed by atoms with E-state index in [1.807, 2.05) is 0 Å². The van der Waals surface area contributed by atoms with Crippen LogP contribution in [-0.2, 0) is 13.1 Å². The summed E-state index contributed by atoms with van der Waals surface area (Å²) in [7, 11) is 0. The maximum atomic E-state index is 3.50. The summed E-state index contributed by atoms with van der Waals surface area (Å²) in [6.45, 7) is 1.83. The maximum Gasteiger partial charge on any atom is 0.0320 e. The predicted octanol–water partition coefficient (Wildman–Crippen LogP) is 4.56. The molecule has 1 heterocycles. The molecule has 1 N–H and O–H groups in total. The lowest BCUT2D eigenvalue weighted by Gasteiger charge is -2.05. The molecule has 1 aromatic carbocycles. The van der Waals surface area contributed by atoms with Gasteiger partial charge in [0.25, 0.3) is 0 Å². The molecule has 2 aromatic rings. The molecular formula is C12H11Br2NS. The largest absolute Gasteiger partial charge is 0.308 e. The number of rotatable bonds is 4. The van der Waals surface area contributed by atoms with Gasteiger partial charge in [-0.05, 0) is 61.0 Å². The molecule has 2 rings (SSSR count). The van der Waals surface area contributed by atoms with Crippen LogP contribution in [0.15, 0.2) is 44.7 Å². The topological polar surface area (TPSA) is 12.0 Å². The van der Waals surface area contributed by atoms with Crippen LogP contribution in [0.5, 0.6) is 0 Å². The van der Waals surface area contributed by atoms with Crippen molar-refractivity contribution in [3.05, 3.63) is 55.1 Å². The summed E-state index contributed by atoms with van der Waals surface area (Å²) >= 11 is 8.75. The molecule has 1 nitrogen and oxygen atoms in total. The van der Waals surface area contributed by atoms with Crippen molar-refractivity contribution < 1.29 is 0 Å². The molecule has 0 aliphatic heterocycles. The zero-order chi connectivity index (χ0) is 11.4. The van der Waals surface area contributed by atoms with Crippen LogP contribution in [0.25, 0.3) is 0 Å².